The van der Waals surface area contributed by atoms with E-state index in [4.69, 9.17) is 4.98 Å². The molecule has 0 atom stereocenters. The van der Waals surface area contributed by atoms with Crippen LogP contribution >= 0.6 is 0 Å². The van der Waals surface area contributed by atoms with Gasteiger partial charge < -0.3 is 10.6 Å². The Labute approximate surface area is 189 Å². The number of hydrogen-bond acceptors (Lipinski definition) is 6. The van der Waals surface area contributed by atoms with E-state index in [2.05, 4.69) is 30.9 Å². The van der Waals surface area contributed by atoms with Gasteiger partial charge in [0.2, 0.25) is 0 Å². The van der Waals surface area contributed by atoms with Crippen LogP contribution in [0.1, 0.15) is 21.5 Å². The van der Waals surface area contributed by atoms with Crippen LogP contribution in [0, 0.1) is 13.8 Å². The lowest BCUT2D eigenvalue weighted by Gasteiger charge is -2.13. The quantitative estimate of drug-likeness (QED) is 0.376. The number of amides is 1. The Morgan fingerprint density at radius 3 is 2.73 bits per heavy atom. The van der Waals surface area contributed by atoms with E-state index in [0.717, 1.165) is 33.5 Å². The number of benzene rings is 2. The molecular formula is C24H22N8O. The first-order valence-corrected chi connectivity index (χ1v) is 10.4. The van der Waals surface area contributed by atoms with Gasteiger partial charge in [-0.05, 0) is 49.2 Å². The van der Waals surface area contributed by atoms with Crippen molar-refractivity contribution < 1.29 is 4.79 Å². The predicted molar refractivity (Wildman–Crippen MR) is 127 cm³/mol. The van der Waals surface area contributed by atoms with Gasteiger partial charge in [0, 0.05) is 30.2 Å². The van der Waals surface area contributed by atoms with Crippen LogP contribution in [-0.2, 0) is 7.05 Å². The molecule has 1 amide bonds. The molecule has 0 saturated carbocycles. The second-order valence-corrected chi connectivity index (χ2v) is 7.87. The monoisotopic (exact) mass is 438 g/mol. The van der Waals surface area contributed by atoms with E-state index in [1.807, 2.05) is 63.4 Å². The van der Waals surface area contributed by atoms with Crippen molar-refractivity contribution >= 4 is 34.1 Å². The van der Waals surface area contributed by atoms with Crippen LogP contribution in [-0.4, -0.2) is 35.9 Å². The maximum atomic E-state index is 12.9. The van der Waals surface area contributed by atoms with Crippen molar-refractivity contribution in [3.05, 3.63) is 77.7 Å². The standard InChI is InChI=1S/C24H22N8O/c1-14-5-4-6-18(9-14)28-24(33)16-8-7-15(2)20(10-16)29-22-19-13-27-32(3)23(19)31-21(30-22)17-11-25-26-12-17/h4-13H,1-3H3,(H,25,26)(H,28,33)(H,29,30,31). The van der Waals surface area contributed by atoms with Gasteiger partial charge in [-0.25, -0.2) is 9.97 Å². The number of nitrogens with zero attached hydrogens (tertiary/aromatic N) is 5. The lowest BCUT2D eigenvalue weighted by Crippen LogP contribution is -2.12. The highest BCUT2D eigenvalue weighted by atomic mass is 16.1. The first-order chi connectivity index (χ1) is 16.0. The van der Waals surface area contributed by atoms with Gasteiger partial charge in [-0.3, -0.25) is 14.6 Å². The van der Waals surface area contributed by atoms with E-state index in [1.54, 1.807) is 23.3 Å². The van der Waals surface area contributed by atoms with Gasteiger partial charge in [-0.2, -0.15) is 10.2 Å². The molecule has 33 heavy (non-hydrogen) atoms. The van der Waals surface area contributed by atoms with Crippen LogP contribution in [0.5, 0.6) is 0 Å². The maximum Gasteiger partial charge on any atom is 0.255 e. The van der Waals surface area contributed by atoms with Crippen LogP contribution in [0.3, 0.4) is 0 Å². The number of hydrogen-bond donors (Lipinski definition) is 3. The van der Waals surface area contributed by atoms with Crippen LogP contribution in [0.25, 0.3) is 22.4 Å². The minimum Gasteiger partial charge on any atom is -0.339 e. The molecule has 5 aromatic rings. The van der Waals surface area contributed by atoms with Gasteiger partial charge in [0.15, 0.2) is 11.5 Å². The van der Waals surface area contributed by atoms with E-state index < -0.39 is 0 Å². The summed E-state index contributed by atoms with van der Waals surface area (Å²) in [6.07, 6.45) is 5.13. The van der Waals surface area contributed by atoms with E-state index >= 15 is 0 Å². The Balaban J connectivity index is 1.50. The Hall–Kier alpha value is -4.53. The lowest BCUT2D eigenvalue weighted by molar-refractivity contribution is 0.102. The molecule has 0 aliphatic carbocycles. The molecule has 3 N–H and O–H groups in total. The summed E-state index contributed by atoms with van der Waals surface area (Å²) in [4.78, 5) is 22.2. The zero-order valence-corrected chi connectivity index (χ0v) is 18.4. The van der Waals surface area contributed by atoms with Gasteiger partial charge in [0.05, 0.1) is 23.3 Å². The molecule has 164 valence electrons. The minimum absolute atomic E-state index is 0.183. The summed E-state index contributed by atoms with van der Waals surface area (Å²) in [7, 11) is 1.83. The fourth-order valence-corrected chi connectivity index (χ4v) is 3.57. The van der Waals surface area contributed by atoms with E-state index in [1.165, 1.54) is 0 Å². The van der Waals surface area contributed by atoms with E-state index in [-0.39, 0.29) is 5.91 Å². The number of anilines is 3. The normalized spacial score (nSPS) is 11.0. The number of aromatic nitrogens is 6. The zero-order chi connectivity index (χ0) is 22.9. The number of nitrogens with one attached hydrogen (secondary N) is 3. The van der Waals surface area contributed by atoms with Crippen molar-refractivity contribution in [2.75, 3.05) is 10.6 Å². The number of fused-ring (bicyclic) bond motifs is 1. The van der Waals surface area contributed by atoms with Crippen LogP contribution in [0.2, 0.25) is 0 Å². The highest BCUT2D eigenvalue weighted by molar-refractivity contribution is 6.05. The van der Waals surface area contributed by atoms with E-state index in [9.17, 15) is 4.79 Å². The second-order valence-electron chi connectivity index (χ2n) is 7.87. The van der Waals surface area contributed by atoms with Gasteiger partial charge >= 0.3 is 0 Å². The summed E-state index contributed by atoms with van der Waals surface area (Å²) in [5, 5.41) is 18.2. The highest BCUT2D eigenvalue weighted by Crippen LogP contribution is 2.28. The van der Waals surface area contributed by atoms with Crippen molar-refractivity contribution in [2.45, 2.75) is 13.8 Å². The van der Waals surface area contributed by atoms with Gasteiger partial charge in [-0.15, -0.1) is 0 Å². The van der Waals surface area contributed by atoms with Crippen molar-refractivity contribution in [1.82, 2.24) is 29.9 Å². The molecule has 3 aromatic heterocycles. The SMILES string of the molecule is Cc1cccc(NC(=O)c2ccc(C)c(Nc3nc(-c4cn[nH]c4)nc4c3cnn4C)c2)c1. The Morgan fingerprint density at radius 2 is 1.94 bits per heavy atom. The van der Waals surface area contributed by atoms with Crippen molar-refractivity contribution in [2.24, 2.45) is 7.05 Å². The highest BCUT2D eigenvalue weighted by Gasteiger charge is 2.15. The van der Waals surface area contributed by atoms with E-state index in [0.29, 0.717) is 22.9 Å². The largest absolute Gasteiger partial charge is 0.339 e. The smallest absolute Gasteiger partial charge is 0.255 e. The summed E-state index contributed by atoms with van der Waals surface area (Å²) in [5.74, 6) is 0.939. The molecule has 0 fully saturated rings. The molecule has 0 aliphatic rings. The van der Waals surface area contributed by atoms with Gasteiger partial charge in [-0.1, -0.05) is 18.2 Å². The van der Waals surface area contributed by atoms with Crippen molar-refractivity contribution in [3.8, 4) is 11.4 Å². The molecule has 2 aromatic carbocycles. The van der Waals surface area contributed by atoms with Gasteiger partial charge in [0.25, 0.3) is 5.91 Å². The number of H-pyrrole nitrogens is 1. The fraction of sp³-hybridized carbons (Fsp3) is 0.125. The topological polar surface area (TPSA) is 113 Å². The third-order valence-corrected chi connectivity index (χ3v) is 5.38. The maximum absolute atomic E-state index is 12.9. The van der Waals surface area contributed by atoms with Crippen LogP contribution < -0.4 is 10.6 Å². The third kappa shape index (κ3) is 4.03. The number of carbonyl (C=O) groups excluding carboxylic acids is 1. The number of aryl methyl sites for hydroxylation is 3. The number of carbonyl (C=O) groups is 1. The molecule has 0 spiro atoms. The summed E-state index contributed by atoms with van der Waals surface area (Å²) >= 11 is 0. The molecule has 0 saturated heterocycles. The zero-order valence-electron chi connectivity index (χ0n) is 18.4. The third-order valence-electron chi connectivity index (χ3n) is 5.38. The fourth-order valence-electron chi connectivity index (χ4n) is 3.57. The summed E-state index contributed by atoms with van der Waals surface area (Å²) < 4.78 is 1.70. The Bertz CT molecular complexity index is 1470. The summed E-state index contributed by atoms with van der Waals surface area (Å²) in [5.41, 5.74) is 5.58. The van der Waals surface area contributed by atoms with Crippen molar-refractivity contribution in [1.29, 1.82) is 0 Å². The first-order valence-electron chi connectivity index (χ1n) is 10.4. The minimum atomic E-state index is -0.183. The molecule has 0 aliphatic heterocycles. The second kappa shape index (κ2) is 8.19. The predicted octanol–water partition coefficient (Wildman–Crippen LogP) is 4.37. The number of aromatic amines is 1. The summed E-state index contributed by atoms with van der Waals surface area (Å²) in [6, 6.07) is 13.2. The van der Waals surface area contributed by atoms with Gasteiger partial charge in [0.1, 0.15) is 5.82 Å². The molecule has 5 rings (SSSR count). The average molecular weight is 438 g/mol. The molecule has 3 heterocycles. The Morgan fingerprint density at radius 1 is 1.06 bits per heavy atom. The molecule has 0 bridgehead atoms. The summed E-state index contributed by atoms with van der Waals surface area (Å²) in [6.45, 7) is 3.96. The Kier molecular flexibility index (Phi) is 5.06. The molecule has 9 heteroatoms. The van der Waals surface area contributed by atoms with Crippen molar-refractivity contribution in [3.63, 3.8) is 0 Å². The van der Waals surface area contributed by atoms with Crippen LogP contribution in [0.4, 0.5) is 17.2 Å². The average Bonchev–Trinajstić information content (AvgIpc) is 3.46. The molecule has 9 nitrogen and oxygen atoms in total. The first kappa shape index (κ1) is 20.4. The lowest BCUT2D eigenvalue weighted by atomic mass is 10.1. The molecular weight excluding hydrogens is 416 g/mol. The molecule has 0 radical (unpaired) electrons. The number of rotatable bonds is 5. The van der Waals surface area contributed by atoms with Crippen LogP contribution in [0.15, 0.2) is 61.1 Å². The molecule has 0 unspecified atom stereocenters.